The van der Waals surface area contributed by atoms with E-state index in [2.05, 4.69) is 169 Å². The molecule has 3 heterocycles. The molecule has 0 aliphatic heterocycles. The van der Waals surface area contributed by atoms with Gasteiger partial charge in [0.15, 0.2) is 0 Å². The van der Waals surface area contributed by atoms with E-state index in [1.54, 1.807) is 0 Å². The zero-order chi connectivity index (χ0) is 38.2. The van der Waals surface area contributed by atoms with Crippen LogP contribution in [-0.4, -0.2) is 0 Å². The Bertz CT molecular complexity index is 3400. The van der Waals surface area contributed by atoms with Gasteiger partial charge < -0.3 is 18.2 Å². The maximum Gasteiger partial charge on any atom is 0.143 e. The molecular formula is C54H33NO3. The van der Waals surface area contributed by atoms with Crippen LogP contribution in [0.3, 0.4) is 0 Å². The van der Waals surface area contributed by atoms with Gasteiger partial charge in [-0.3, -0.25) is 0 Å². The Morgan fingerprint density at radius 1 is 0.276 bits per heavy atom. The second kappa shape index (κ2) is 12.9. The van der Waals surface area contributed by atoms with Crippen LogP contribution < -0.4 is 4.90 Å². The highest BCUT2D eigenvalue weighted by molar-refractivity contribution is 6.28. The monoisotopic (exact) mass is 743 g/mol. The van der Waals surface area contributed by atoms with Crippen molar-refractivity contribution in [3.05, 3.63) is 200 Å². The standard InChI is InChI=1S/C54H33NO3/c1-3-12-34(13-4-1)36-22-26-38(27-23-36)55(39-28-24-37(25-29-39)35-14-5-2-6-15-35)40-32-45(43-19-11-18-42-41-16-7-9-20-47(41)57-53(42)43)54-46(33-40)52-50(58-54)31-30-49-51(52)44-17-8-10-21-48(44)56-49/h1-33H. The van der Waals surface area contributed by atoms with Gasteiger partial charge in [0, 0.05) is 60.5 Å². The van der Waals surface area contributed by atoms with E-state index in [9.17, 15) is 0 Å². The third-order valence-corrected chi connectivity index (χ3v) is 11.5. The quantitative estimate of drug-likeness (QED) is 0.170. The maximum absolute atomic E-state index is 6.96. The first-order valence-electron chi connectivity index (χ1n) is 19.6. The minimum Gasteiger partial charge on any atom is -0.456 e. The molecule has 0 aliphatic rings. The zero-order valence-electron chi connectivity index (χ0n) is 31.2. The highest BCUT2D eigenvalue weighted by atomic mass is 16.3. The number of nitrogens with zero attached hydrogens (tertiary/aromatic N) is 1. The normalized spacial score (nSPS) is 11.8. The largest absolute Gasteiger partial charge is 0.456 e. The Kier molecular flexibility index (Phi) is 7.20. The summed E-state index contributed by atoms with van der Waals surface area (Å²) in [6.07, 6.45) is 0. The van der Waals surface area contributed by atoms with Crippen LogP contribution in [-0.2, 0) is 0 Å². The summed E-state index contributed by atoms with van der Waals surface area (Å²) in [5.41, 5.74) is 14.6. The van der Waals surface area contributed by atoms with Crippen LogP contribution in [0.5, 0.6) is 0 Å². The molecule has 9 aromatic carbocycles. The molecular weight excluding hydrogens is 711 g/mol. The first kappa shape index (κ1) is 32.4. The topological polar surface area (TPSA) is 42.7 Å². The summed E-state index contributed by atoms with van der Waals surface area (Å²) in [6, 6.07) is 70.2. The van der Waals surface area contributed by atoms with Crippen molar-refractivity contribution >= 4 is 82.9 Å². The van der Waals surface area contributed by atoms with E-state index < -0.39 is 0 Å². The van der Waals surface area contributed by atoms with Crippen LogP contribution >= 0.6 is 0 Å². The van der Waals surface area contributed by atoms with Crippen LogP contribution in [0.15, 0.2) is 213 Å². The number of anilines is 3. The Balaban J connectivity index is 1.16. The number of hydrogen-bond donors (Lipinski definition) is 0. The van der Waals surface area contributed by atoms with Crippen molar-refractivity contribution in [1.82, 2.24) is 0 Å². The highest BCUT2D eigenvalue weighted by Gasteiger charge is 2.24. The molecule has 12 rings (SSSR count). The van der Waals surface area contributed by atoms with Gasteiger partial charge >= 0.3 is 0 Å². The average molecular weight is 744 g/mol. The van der Waals surface area contributed by atoms with Gasteiger partial charge in [0.25, 0.3) is 0 Å². The molecule has 0 spiro atoms. The molecule has 0 atom stereocenters. The molecule has 0 aliphatic carbocycles. The molecule has 3 aromatic heterocycles. The van der Waals surface area contributed by atoms with Crippen LogP contribution in [0.25, 0.3) is 99.2 Å². The molecule has 0 N–H and O–H groups in total. The molecule has 0 radical (unpaired) electrons. The number of benzene rings is 9. The van der Waals surface area contributed by atoms with Gasteiger partial charge in [0.05, 0.1) is 0 Å². The van der Waals surface area contributed by atoms with Crippen LogP contribution in [0.4, 0.5) is 17.1 Å². The Morgan fingerprint density at radius 2 is 0.759 bits per heavy atom. The zero-order valence-corrected chi connectivity index (χ0v) is 31.2. The minimum absolute atomic E-state index is 0.795. The van der Waals surface area contributed by atoms with E-state index in [4.69, 9.17) is 13.3 Å². The van der Waals surface area contributed by atoms with Gasteiger partial charge in [-0.2, -0.15) is 0 Å². The fourth-order valence-corrected chi connectivity index (χ4v) is 8.77. The summed E-state index contributed by atoms with van der Waals surface area (Å²) < 4.78 is 20.1. The molecule has 0 fully saturated rings. The maximum atomic E-state index is 6.96. The fraction of sp³-hybridized carbons (Fsp3) is 0. The highest BCUT2D eigenvalue weighted by Crippen LogP contribution is 2.48. The van der Waals surface area contributed by atoms with Crippen molar-refractivity contribution in [3.63, 3.8) is 0 Å². The third-order valence-electron chi connectivity index (χ3n) is 11.5. The Labute approximate surface area is 333 Å². The van der Waals surface area contributed by atoms with Crippen molar-refractivity contribution in [2.24, 2.45) is 0 Å². The van der Waals surface area contributed by atoms with Gasteiger partial charge in [0.1, 0.15) is 33.5 Å². The molecule has 272 valence electrons. The molecule has 0 bridgehead atoms. The number of fused-ring (bicyclic) bond motifs is 10. The molecule has 58 heavy (non-hydrogen) atoms. The van der Waals surface area contributed by atoms with Gasteiger partial charge in [-0.1, -0.05) is 140 Å². The fourth-order valence-electron chi connectivity index (χ4n) is 8.77. The summed E-state index contributed by atoms with van der Waals surface area (Å²) in [5.74, 6) is 0. The number of furan rings is 3. The Hall–Kier alpha value is -7.82. The summed E-state index contributed by atoms with van der Waals surface area (Å²) >= 11 is 0. The Morgan fingerprint density at radius 3 is 1.41 bits per heavy atom. The van der Waals surface area contributed by atoms with E-state index in [0.717, 1.165) is 105 Å². The van der Waals surface area contributed by atoms with Gasteiger partial charge in [0.2, 0.25) is 0 Å². The van der Waals surface area contributed by atoms with Gasteiger partial charge in [-0.05, 0) is 82.9 Å². The van der Waals surface area contributed by atoms with Crippen LogP contribution in [0.2, 0.25) is 0 Å². The molecule has 4 heteroatoms. The number of rotatable bonds is 6. The van der Waals surface area contributed by atoms with Crippen molar-refractivity contribution in [3.8, 4) is 33.4 Å². The van der Waals surface area contributed by atoms with E-state index >= 15 is 0 Å². The van der Waals surface area contributed by atoms with E-state index in [1.165, 1.54) is 11.1 Å². The number of hydrogen-bond acceptors (Lipinski definition) is 4. The molecule has 0 unspecified atom stereocenters. The first-order valence-corrected chi connectivity index (χ1v) is 19.6. The van der Waals surface area contributed by atoms with Gasteiger partial charge in [-0.15, -0.1) is 0 Å². The lowest BCUT2D eigenvalue weighted by Crippen LogP contribution is -2.10. The predicted molar refractivity (Wildman–Crippen MR) is 239 cm³/mol. The van der Waals surface area contributed by atoms with E-state index in [-0.39, 0.29) is 0 Å². The summed E-state index contributed by atoms with van der Waals surface area (Å²) in [7, 11) is 0. The predicted octanol–water partition coefficient (Wildman–Crippen LogP) is 15.9. The summed E-state index contributed by atoms with van der Waals surface area (Å²) in [5, 5.41) is 6.28. The second-order valence-electron chi connectivity index (χ2n) is 14.8. The summed E-state index contributed by atoms with van der Waals surface area (Å²) in [4.78, 5) is 2.34. The third kappa shape index (κ3) is 5.09. The average Bonchev–Trinajstić information content (AvgIpc) is 3.99. The lowest BCUT2D eigenvalue weighted by atomic mass is 9.97. The van der Waals surface area contributed by atoms with Crippen molar-refractivity contribution < 1.29 is 13.3 Å². The molecule has 12 aromatic rings. The van der Waals surface area contributed by atoms with E-state index in [0.29, 0.717) is 0 Å². The lowest BCUT2D eigenvalue weighted by molar-refractivity contribution is 0.662. The van der Waals surface area contributed by atoms with Crippen molar-refractivity contribution in [1.29, 1.82) is 0 Å². The van der Waals surface area contributed by atoms with E-state index in [1.807, 2.05) is 36.4 Å². The smallest absolute Gasteiger partial charge is 0.143 e. The number of para-hydroxylation sites is 3. The second-order valence-corrected chi connectivity index (χ2v) is 14.8. The molecule has 0 saturated heterocycles. The van der Waals surface area contributed by atoms with Crippen molar-refractivity contribution in [2.75, 3.05) is 4.90 Å². The van der Waals surface area contributed by atoms with Crippen LogP contribution in [0, 0.1) is 0 Å². The summed E-state index contributed by atoms with van der Waals surface area (Å²) in [6.45, 7) is 0. The first-order chi connectivity index (χ1) is 28.7. The van der Waals surface area contributed by atoms with Crippen molar-refractivity contribution in [2.45, 2.75) is 0 Å². The van der Waals surface area contributed by atoms with Gasteiger partial charge in [-0.25, -0.2) is 0 Å². The lowest BCUT2D eigenvalue weighted by Gasteiger charge is -2.27. The SMILES string of the molecule is c1ccc(-c2ccc(N(c3ccc(-c4ccccc4)cc3)c3cc(-c4cccc5c4oc4ccccc45)c4oc5ccc6oc7ccccc7c6c5c4c3)cc2)cc1. The van der Waals surface area contributed by atoms with Crippen LogP contribution in [0.1, 0.15) is 0 Å². The molecule has 0 amide bonds. The molecule has 0 saturated carbocycles. The minimum atomic E-state index is 0.795. The molecule has 4 nitrogen and oxygen atoms in total.